The molecule has 1 N–H and O–H groups in total. The second-order valence-electron chi connectivity index (χ2n) is 4.90. The van der Waals surface area contributed by atoms with E-state index in [4.69, 9.17) is 0 Å². The van der Waals surface area contributed by atoms with Gasteiger partial charge in [0.2, 0.25) is 0 Å². The molecule has 0 radical (unpaired) electrons. The fourth-order valence-corrected chi connectivity index (χ4v) is 2.30. The Hall–Kier alpha value is -1.82. The van der Waals surface area contributed by atoms with Crippen molar-refractivity contribution < 1.29 is 0 Å². The van der Waals surface area contributed by atoms with Crippen molar-refractivity contribution in [3.63, 3.8) is 0 Å². The molecule has 3 heterocycles. The zero-order chi connectivity index (χ0) is 13.4. The molecule has 0 amide bonds. The van der Waals surface area contributed by atoms with Crippen molar-refractivity contribution >= 4 is 17.0 Å². The molecular weight excluding hydrogens is 240 g/mol. The lowest BCUT2D eigenvalue weighted by Gasteiger charge is -2.28. The van der Waals surface area contributed by atoms with Crippen molar-refractivity contribution in [1.82, 2.24) is 25.3 Å². The predicted molar refractivity (Wildman–Crippen MR) is 74.4 cm³/mol. The Morgan fingerprint density at radius 3 is 2.32 bits per heavy atom. The van der Waals surface area contributed by atoms with Gasteiger partial charge in [0, 0.05) is 26.2 Å². The van der Waals surface area contributed by atoms with Crippen molar-refractivity contribution in [1.29, 1.82) is 0 Å². The Bertz CT molecular complexity index is 618. The van der Waals surface area contributed by atoms with Crippen LogP contribution in [-0.2, 0) is 0 Å². The van der Waals surface area contributed by atoms with Gasteiger partial charge in [-0.3, -0.25) is 0 Å². The summed E-state index contributed by atoms with van der Waals surface area (Å²) in [7, 11) is 0. The molecule has 2 aromatic heterocycles. The Morgan fingerprint density at radius 1 is 0.895 bits per heavy atom. The molecule has 100 valence electrons. The largest absolute Gasteiger partial charge is 0.352 e. The maximum atomic E-state index is 4.64. The monoisotopic (exact) mass is 258 g/mol. The van der Waals surface area contributed by atoms with E-state index in [1.165, 1.54) is 0 Å². The number of hydrogen-bond donors (Lipinski definition) is 1. The van der Waals surface area contributed by atoms with Gasteiger partial charge in [-0.05, 0) is 20.8 Å². The Labute approximate surface area is 112 Å². The third-order valence-electron chi connectivity index (χ3n) is 3.45. The molecule has 6 heteroatoms. The molecule has 0 atom stereocenters. The lowest BCUT2D eigenvalue weighted by molar-refractivity contribution is 0.585. The highest BCUT2D eigenvalue weighted by molar-refractivity contribution is 5.83. The molecule has 3 rings (SSSR count). The second-order valence-corrected chi connectivity index (χ2v) is 4.90. The van der Waals surface area contributed by atoms with Crippen LogP contribution in [0.2, 0.25) is 0 Å². The minimum absolute atomic E-state index is 0.698. The van der Waals surface area contributed by atoms with Crippen molar-refractivity contribution in [2.24, 2.45) is 0 Å². The highest BCUT2D eigenvalue weighted by Crippen LogP contribution is 2.22. The summed E-state index contributed by atoms with van der Waals surface area (Å²) in [5.41, 5.74) is 3.38. The number of aryl methyl sites for hydroxylation is 3. The van der Waals surface area contributed by atoms with E-state index in [1.54, 1.807) is 0 Å². The molecule has 1 aliphatic heterocycles. The highest BCUT2D eigenvalue weighted by Gasteiger charge is 2.18. The number of hydrogen-bond acceptors (Lipinski definition) is 6. The summed E-state index contributed by atoms with van der Waals surface area (Å²) in [5.74, 6) is 1.66. The molecule has 6 nitrogen and oxygen atoms in total. The normalized spacial score (nSPS) is 16.1. The van der Waals surface area contributed by atoms with Crippen LogP contribution in [0.25, 0.3) is 11.2 Å². The van der Waals surface area contributed by atoms with Crippen LogP contribution in [0.5, 0.6) is 0 Å². The van der Waals surface area contributed by atoms with Gasteiger partial charge in [-0.15, -0.1) is 0 Å². The first kappa shape index (κ1) is 12.2. The maximum Gasteiger partial charge on any atom is 0.184 e. The number of fused-ring (bicyclic) bond motifs is 1. The number of aromatic nitrogens is 4. The summed E-state index contributed by atoms with van der Waals surface area (Å²) in [6.07, 6.45) is 0. The molecule has 0 bridgehead atoms. The predicted octanol–water partition coefficient (Wildman–Crippen LogP) is 0.755. The summed E-state index contributed by atoms with van der Waals surface area (Å²) >= 11 is 0. The van der Waals surface area contributed by atoms with Crippen LogP contribution in [-0.4, -0.2) is 46.1 Å². The fourth-order valence-electron chi connectivity index (χ4n) is 2.30. The number of nitrogens with one attached hydrogen (secondary N) is 1. The average Bonchev–Trinajstić information content (AvgIpc) is 2.41. The second kappa shape index (κ2) is 4.70. The number of nitrogens with zero attached hydrogens (tertiary/aromatic N) is 5. The first-order chi connectivity index (χ1) is 9.15. The van der Waals surface area contributed by atoms with Gasteiger partial charge in [-0.2, -0.15) is 0 Å². The van der Waals surface area contributed by atoms with E-state index in [0.717, 1.165) is 54.7 Å². The zero-order valence-electron chi connectivity index (χ0n) is 11.6. The molecular formula is C13H18N6. The molecule has 2 aromatic rings. The van der Waals surface area contributed by atoms with Crippen LogP contribution < -0.4 is 10.2 Å². The van der Waals surface area contributed by atoms with Crippen LogP contribution in [0.4, 0.5) is 5.82 Å². The summed E-state index contributed by atoms with van der Waals surface area (Å²) in [6.45, 7) is 9.68. The third-order valence-corrected chi connectivity index (χ3v) is 3.45. The van der Waals surface area contributed by atoms with Crippen LogP contribution in [0.15, 0.2) is 0 Å². The standard InChI is InChI=1S/C13H18N6/c1-8-9(2)16-12-11(15-8)13(18-10(3)17-12)19-6-4-14-5-7-19/h14H,4-7H2,1-3H3. The van der Waals surface area contributed by atoms with Crippen LogP contribution in [0.3, 0.4) is 0 Å². The maximum absolute atomic E-state index is 4.64. The van der Waals surface area contributed by atoms with E-state index in [-0.39, 0.29) is 0 Å². The molecule has 0 unspecified atom stereocenters. The molecule has 0 saturated carbocycles. The summed E-state index contributed by atoms with van der Waals surface area (Å²) < 4.78 is 0. The van der Waals surface area contributed by atoms with Gasteiger partial charge in [0.25, 0.3) is 0 Å². The number of rotatable bonds is 1. The van der Waals surface area contributed by atoms with Crippen LogP contribution >= 0.6 is 0 Å². The van der Waals surface area contributed by atoms with E-state index in [0.29, 0.717) is 5.65 Å². The van der Waals surface area contributed by atoms with Crippen molar-refractivity contribution in [2.75, 3.05) is 31.1 Å². The molecule has 1 aliphatic rings. The Kier molecular flexibility index (Phi) is 3.02. The molecule has 0 aliphatic carbocycles. The van der Waals surface area contributed by atoms with Crippen molar-refractivity contribution in [3.05, 3.63) is 17.2 Å². The quantitative estimate of drug-likeness (QED) is 0.814. The smallest absolute Gasteiger partial charge is 0.184 e. The van der Waals surface area contributed by atoms with Gasteiger partial charge in [0.1, 0.15) is 5.82 Å². The zero-order valence-corrected chi connectivity index (χ0v) is 11.6. The molecule has 1 saturated heterocycles. The van der Waals surface area contributed by atoms with Crippen molar-refractivity contribution in [2.45, 2.75) is 20.8 Å². The SMILES string of the molecule is Cc1nc(N2CCNCC2)c2nc(C)c(C)nc2n1. The lowest BCUT2D eigenvalue weighted by atomic mass is 10.3. The van der Waals surface area contributed by atoms with E-state index >= 15 is 0 Å². The summed E-state index contributed by atoms with van der Waals surface area (Å²) in [4.78, 5) is 20.4. The average molecular weight is 258 g/mol. The molecule has 19 heavy (non-hydrogen) atoms. The Balaban J connectivity index is 2.18. The topological polar surface area (TPSA) is 66.8 Å². The molecule has 1 fully saturated rings. The summed E-state index contributed by atoms with van der Waals surface area (Å²) in [6, 6.07) is 0. The van der Waals surface area contributed by atoms with Gasteiger partial charge in [-0.1, -0.05) is 0 Å². The number of anilines is 1. The van der Waals surface area contributed by atoms with Gasteiger partial charge < -0.3 is 10.2 Å². The fraction of sp³-hybridized carbons (Fsp3) is 0.538. The van der Waals surface area contributed by atoms with Crippen LogP contribution in [0.1, 0.15) is 17.2 Å². The van der Waals surface area contributed by atoms with Gasteiger partial charge in [0.15, 0.2) is 17.0 Å². The van der Waals surface area contributed by atoms with E-state index in [1.807, 2.05) is 20.8 Å². The molecule has 0 aromatic carbocycles. The van der Waals surface area contributed by atoms with Gasteiger partial charge in [0.05, 0.1) is 11.4 Å². The first-order valence-electron chi connectivity index (χ1n) is 6.60. The van der Waals surface area contributed by atoms with Gasteiger partial charge >= 0.3 is 0 Å². The minimum Gasteiger partial charge on any atom is -0.352 e. The first-order valence-corrected chi connectivity index (χ1v) is 6.60. The summed E-state index contributed by atoms with van der Waals surface area (Å²) in [5, 5.41) is 3.35. The molecule has 0 spiro atoms. The van der Waals surface area contributed by atoms with Crippen molar-refractivity contribution in [3.8, 4) is 0 Å². The van der Waals surface area contributed by atoms with Gasteiger partial charge in [-0.25, -0.2) is 19.9 Å². The van der Waals surface area contributed by atoms with E-state index < -0.39 is 0 Å². The van der Waals surface area contributed by atoms with E-state index in [2.05, 4.69) is 30.2 Å². The van der Waals surface area contributed by atoms with Crippen LogP contribution in [0, 0.1) is 20.8 Å². The minimum atomic E-state index is 0.698. The third kappa shape index (κ3) is 2.23. The number of piperazine rings is 1. The highest BCUT2D eigenvalue weighted by atomic mass is 15.2. The lowest BCUT2D eigenvalue weighted by Crippen LogP contribution is -2.44. The Morgan fingerprint density at radius 2 is 1.58 bits per heavy atom. The van der Waals surface area contributed by atoms with E-state index in [9.17, 15) is 0 Å².